The van der Waals surface area contributed by atoms with Crippen molar-refractivity contribution in [2.24, 2.45) is 17.8 Å². The predicted molar refractivity (Wildman–Crippen MR) is 63.0 cm³/mol. The van der Waals surface area contributed by atoms with Crippen molar-refractivity contribution in [1.82, 2.24) is 10.2 Å². The molecule has 2 amide bonds. The summed E-state index contributed by atoms with van der Waals surface area (Å²) in [6, 6.07) is -0.608. The largest absolute Gasteiger partial charge is 0.481 e. The Bertz CT molecular complexity index is 396. The number of alkyl halides is 3. The van der Waals surface area contributed by atoms with Crippen LogP contribution in [0.2, 0.25) is 0 Å². The zero-order valence-electron chi connectivity index (χ0n) is 10.8. The molecule has 2 rings (SSSR count). The van der Waals surface area contributed by atoms with Crippen molar-refractivity contribution in [3.05, 3.63) is 0 Å². The SMILES string of the molecule is O=C(O)[C@@H]1CN(C(=O)NCCC2CC2)C[C@H]1C(F)(F)F. The van der Waals surface area contributed by atoms with Crippen LogP contribution in [0.25, 0.3) is 0 Å². The van der Waals surface area contributed by atoms with E-state index in [9.17, 15) is 22.8 Å². The second-order valence-electron chi connectivity index (χ2n) is 5.46. The van der Waals surface area contributed by atoms with Crippen LogP contribution in [0.4, 0.5) is 18.0 Å². The normalized spacial score (nSPS) is 26.6. The molecule has 5 nitrogen and oxygen atoms in total. The van der Waals surface area contributed by atoms with E-state index in [-0.39, 0.29) is 0 Å². The average molecular weight is 294 g/mol. The van der Waals surface area contributed by atoms with Crippen LogP contribution in [-0.2, 0) is 4.79 Å². The van der Waals surface area contributed by atoms with Crippen LogP contribution < -0.4 is 5.32 Å². The second-order valence-corrected chi connectivity index (χ2v) is 5.46. The van der Waals surface area contributed by atoms with Gasteiger partial charge in [0.25, 0.3) is 0 Å². The van der Waals surface area contributed by atoms with Gasteiger partial charge in [-0.2, -0.15) is 13.2 Å². The number of halogens is 3. The molecule has 114 valence electrons. The summed E-state index contributed by atoms with van der Waals surface area (Å²) in [5, 5.41) is 11.4. The summed E-state index contributed by atoms with van der Waals surface area (Å²) in [5.41, 5.74) is 0. The molecule has 2 fully saturated rings. The molecule has 1 heterocycles. The molecule has 0 unspecified atom stereocenters. The number of hydrogen-bond acceptors (Lipinski definition) is 2. The molecule has 0 spiro atoms. The van der Waals surface area contributed by atoms with E-state index in [2.05, 4.69) is 5.32 Å². The summed E-state index contributed by atoms with van der Waals surface area (Å²) in [6.07, 6.45) is -1.51. The molecular weight excluding hydrogens is 277 g/mol. The van der Waals surface area contributed by atoms with Crippen LogP contribution in [0.1, 0.15) is 19.3 Å². The first-order chi connectivity index (χ1) is 9.29. The summed E-state index contributed by atoms with van der Waals surface area (Å²) < 4.78 is 38.3. The van der Waals surface area contributed by atoms with Gasteiger partial charge in [-0.25, -0.2) is 4.79 Å². The number of likely N-dealkylation sites (tertiary alicyclic amines) is 1. The van der Waals surface area contributed by atoms with Crippen molar-refractivity contribution in [1.29, 1.82) is 0 Å². The van der Waals surface area contributed by atoms with Gasteiger partial charge in [0.1, 0.15) is 0 Å². The molecule has 1 aliphatic heterocycles. The topological polar surface area (TPSA) is 69.6 Å². The lowest BCUT2D eigenvalue weighted by Crippen LogP contribution is -2.40. The van der Waals surface area contributed by atoms with Gasteiger partial charge in [0.05, 0.1) is 11.8 Å². The molecular formula is C12H17F3N2O3. The smallest absolute Gasteiger partial charge is 0.394 e. The molecule has 0 aromatic carbocycles. The number of nitrogens with zero attached hydrogens (tertiary/aromatic N) is 1. The van der Waals surface area contributed by atoms with E-state index in [0.717, 1.165) is 24.2 Å². The van der Waals surface area contributed by atoms with E-state index in [1.54, 1.807) is 0 Å². The third kappa shape index (κ3) is 3.55. The van der Waals surface area contributed by atoms with Crippen molar-refractivity contribution in [3.63, 3.8) is 0 Å². The molecule has 1 aliphatic carbocycles. The lowest BCUT2D eigenvalue weighted by atomic mass is 9.96. The number of hydrogen-bond donors (Lipinski definition) is 2. The fourth-order valence-corrected chi connectivity index (χ4v) is 2.45. The third-order valence-electron chi connectivity index (χ3n) is 3.87. The molecule has 8 heteroatoms. The van der Waals surface area contributed by atoms with Gasteiger partial charge < -0.3 is 15.3 Å². The minimum Gasteiger partial charge on any atom is -0.481 e. The van der Waals surface area contributed by atoms with Gasteiger partial charge in [0.2, 0.25) is 0 Å². The van der Waals surface area contributed by atoms with Crippen molar-refractivity contribution in [3.8, 4) is 0 Å². The Morgan fingerprint density at radius 1 is 1.25 bits per heavy atom. The minimum absolute atomic E-state index is 0.394. The Kier molecular flexibility index (Phi) is 4.10. The van der Waals surface area contributed by atoms with Gasteiger partial charge in [-0.3, -0.25) is 4.79 Å². The highest BCUT2D eigenvalue weighted by Gasteiger charge is 2.53. The monoisotopic (exact) mass is 294 g/mol. The number of nitrogens with one attached hydrogen (secondary N) is 1. The Morgan fingerprint density at radius 3 is 2.35 bits per heavy atom. The van der Waals surface area contributed by atoms with Crippen molar-refractivity contribution < 1.29 is 27.9 Å². The van der Waals surface area contributed by atoms with Crippen LogP contribution in [0.5, 0.6) is 0 Å². The summed E-state index contributed by atoms with van der Waals surface area (Å²) in [4.78, 5) is 23.6. The zero-order valence-corrected chi connectivity index (χ0v) is 10.8. The molecule has 2 aliphatic rings. The van der Waals surface area contributed by atoms with Gasteiger partial charge in [-0.15, -0.1) is 0 Å². The van der Waals surface area contributed by atoms with Crippen molar-refractivity contribution in [2.75, 3.05) is 19.6 Å². The van der Waals surface area contributed by atoms with E-state index in [4.69, 9.17) is 5.11 Å². The fraction of sp³-hybridized carbons (Fsp3) is 0.833. The quantitative estimate of drug-likeness (QED) is 0.829. The summed E-state index contributed by atoms with van der Waals surface area (Å²) in [7, 11) is 0. The van der Waals surface area contributed by atoms with E-state index in [0.29, 0.717) is 12.5 Å². The number of carboxylic acids is 1. The molecule has 1 saturated carbocycles. The number of amides is 2. The van der Waals surface area contributed by atoms with Crippen molar-refractivity contribution >= 4 is 12.0 Å². The number of carbonyl (C=O) groups is 2. The first-order valence-electron chi connectivity index (χ1n) is 6.61. The molecule has 0 aromatic rings. The molecule has 1 saturated heterocycles. The molecule has 0 bridgehead atoms. The number of rotatable bonds is 4. The summed E-state index contributed by atoms with van der Waals surface area (Å²) in [5.74, 6) is -4.47. The van der Waals surface area contributed by atoms with Crippen molar-refractivity contribution in [2.45, 2.75) is 25.4 Å². The number of carboxylic acid groups (broad SMARTS) is 1. The highest BCUT2D eigenvalue weighted by Crippen LogP contribution is 2.37. The van der Waals surface area contributed by atoms with Crippen LogP contribution in [-0.4, -0.2) is 47.8 Å². The van der Waals surface area contributed by atoms with Gasteiger partial charge in [0, 0.05) is 19.6 Å². The highest BCUT2D eigenvalue weighted by molar-refractivity contribution is 5.77. The van der Waals surface area contributed by atoms with E-state index < -0.39 is 43.1 Å². The average Bonchev–Trinajstić information content (AvgIpc) is 3.03. The maximum absolute atomic E-state index is 12.8. The standard InChI is InChI=1S/C12H17F3N2O3/c13-12(14,15)9-6-17(5-8(9)10(18)19)11(20)16-4-3-7-1-2-7/h7-9H,1-6H2,(H,16,20)(H,18,19)/t8-,9-/m1/s1. The summed E-state index contributed by atoms with van der Waals surface area (Å²) >= 11 is 0. The lowest BCUT2D eigenvalue weighted by Gasteiger charge is -2.18. The maximum atomic E-state index is 12.8. The zero-order chi connectivity index (χ0) is 14.9. The van der Waals surface area contributed by atoms with E-state index >= 15 is 0 Å². The highest BCUT2D eigenvalue weighted by atomic mass is 19.4. The van der Waals surface area contributed by atoms with Gasteiger partial charge in [0.15, 0.2) is 0 Å². The molecule has 2 N–H and O–H groups in total. The van der Waals surface area contributed by atoms with Crippen LogP contribution in [0.3, 0.4) is 0 Å². The fourth-order valence-electron chi connectivity index (χ4n) is 2.45. The van der Waals surface area contributed by atoms with Crippen LogP contribution in [0, 0.1) is 17.8 Å². The Morgan fingerprint density at radius 2 is 1.90 bits per heavy atom. The molecule has 0 radical (unpaired) electrons. The van der Waals surface area contributed by atoms with Crippen LogP contribution in [0.15, 0.2) is 0 Å². The summed E-state index contributed by atoms with van der Waals surface area (Å²) in [6.45, 7) is -0.557. The Balaban J connectivity index is 1.89. The molecule has 2 atom stereocenters. The Labute approximate surface area is 114 Å². The van der Waals surface area contributed by atoms with Crippen LogP contribution >= 0.6 is 0 Å². The molecule has 20 heavy (non-hydrogen) atoms. The second kappa shape index (κ2) is 5.49. The lowest BCUT2D eigenvalue weighted by molar-refractivity contribution is -0.187. The number of aliphatic carboxylic acids is 1. The predicted octanol–water partition coefficient (Wildman–Crippen LogP) is 1.69. The van der Waals surface area contributed by atoms with E-state index in [1.165, 1.54) is 0 Å². The third-order valence-corrected chi connectivity index (χ3v) is 3.87. The maximum Gasteiger partial charge on any atom is 0.394 e. The van der Waals surface area contributed by atoms with Gasteiger partial charge in [-0.1, -0.05) is 12.8 Å². The molecule has 0 aromatic heterocycles. The number of urea groups is 1. The first-order valence-corrected chi connectivity index (χ1v) is 6.61. The minimum atomic E-state index is -4.61. The van der Waals surface area contributed by atoms with Gasteiger partial charge >= 0.3 is 18.2 Å². The van der Waals surface area contributed by atoms with Gasteiger partial charge in [-0.05, 0) is 12.3 Å². The van der Waals surface area contributed by atoms with E-state index in [1.807, 2.05) is 0 Å². The first kappa shape index (κ1) is 14.9. The number of carbonyl (C=O) groups excluding carboxylic acids is 1. The Hall–Kier alpha value is -1.47.